The third-order valence-electron chi connectivity index (χ3n) is 3.53. The van der Waals surface area contributed by atoms with Crippen LogP contribution in [0.2, 0.25) is 5.15 Å². The molecule has 3 rings (SSSR count). The number of aromatic nitrogens is 3. The molecule has 0 saturated heterocycles. The molecule has 130 valence electrons. The molecule has 0 saturated carbocycles. The Bertz CT molecular complexity index is 1080. The van der Waals surface area contributed by atoms with Gasteiger partial charge in [0.05, 0.1) is 11.4 Å². The van der Waals surface area contributed by atoms with Gasteiger partial charge in [-0.25, -0.2) is 18.7 Å². The third-order valence-corrected chi connectivity index (χ3v) is 3.74. The van der Waals surface area contributed by atoms with E-state index in [0.717, 1.165) is 6.07 Å². The van der Waals surface area contributed by atoms with Gasteiger partial charge in [0.2, 0.25) is 5.82 Å². The highest BCUT2D eigenvalue weighted by Gasteiger charge is 2.20. The molecule has 0 aliphatic carbocycles. The zero-order chi connectivity index (χ0) is 18.8. The number of primary amides is 1. The maximum Gasteiger partial charge on any atom is 0.285 e. The van der Waals surface area contributed by atoms with Gasteiger partial charge in [-0.1, -0.05) is 17.5 Å². The minimum absolute atomic E-state index is 0.0507. The van der Waals surface area contributed by atoms with E-state index in [-0.39, 0.29) is 22.4 Å². The highest BCUT2D eigenvalue weighted by atomic mass is 35.5. The van der Waals surface area contributed by atoms with E-state index in [9.17, 15) is 13.6 Å². The van der Waals surface area contributed by atoms with E-state index in [1.165, 1.54) is 16.8 Å². The lowest BCUT2D eigenvalue weighted by atomic mass is 10.2. The summed E-state index contributed by atoms with van der Waals surface area (Å²) in [4.78, 5) is 19.7. The third kappa shape index (κ3) is 3.41. The van der Waals surface area contributed by atoms with Crippen molar-refractivity contribution in [1.82, 2.24) is 14.5 Å². The molecule has 5 nitrogen and oxygen atoms in total. The summed E-state index contributed by atoms with van der Waals surface area (Å²) >= 11 is 5.81. The molecule has 0 spiro atoms. The summed E-state index contributed by atoms with van der Waals surface area (Å²) in [5.74, 6) is 2.98. The van der Waals surface area contributed by atoms with E-state index in [1.54, 1.807) is 19.1 Å². The summed E-state index contributed by atoms with van der Waals surface area (Å²) in [5.41, 5.74) is 6.51. The summed E-state index contributed by atoms with van der Waals surface area (Å²) in [6, 6.07) is 6.21. The Morgan fingerprint density at radius 1 is 1.23 bits per heavy atom. The fourth-order valence-electron chi connectivity index (χ4n) is 2.35. The molecule has 1 amide bonds. The summed E-state index contributed by atoms with van der Waals surface area (Å²) in [6.07, 6.45) is 1.50. The van der Waals surface area contributed by atoms with Gasteiger partial charge in [-0.15, -0.1) is 0 Å². The van der Waals surface area contributed by atoms with Crippen molar-refractivity contribution in [3.63, 3.8) is 0 Å². The van der Waals surface area contributed by atoms with Gasteiger partial charge in [0.15, 0.2) is 0 Å². The Hall–Kier alpha value is -3.24. The first kappa shape index (κ1) is 17.6. The highest BCUT2D eigenvalue weighted by molar-refractivity contribution is 6.29. The molecule has 2 N–H and O–H groups in total. The largest absolute Gasteiger partial charge is 0.363 e. The first-order chi connectivity index (χ1) is 12.4. The van der Waals surface area contributed by atoms with Crippen LogP contribution in [0.5, 0.6) is 0 Å². The molecule has 1 aromatic carbocycles. The van der Waals surface area contributed by atoms with Crippen molar-refractivity contribution in [2.75, 3.05) is 0 Å². The molecule has 0 aliphatic heterocycles. The Kier molecular flexibility index (Phi) is 4.69. The van der Waals surface area contributed by atoms with Crippen LogP contribution in [0.3, 0.4) is 0 Å². The zero-order valence-electron chi connectivity index (χ0n) is 13.4. The van der Waals surface area contributed by atoms with Crippen LogP contribution in [0.25, 0.3) is 5.69 Å². The van der Waals surface area contributed by atoms with Crippen LogP contribution < -0.4 is 5.73 Å². The Balaban J connectivity index is 2.14. The Morgan fingerprint density at radius 3 is 2.65 bits per heavy atom. The van der Waals surface area contributed by atoms with Crippen molar-refractivity contribution < 1.29 is 13.6 Å². The minimum Gasteiger partial charge on any atom is -0.363 e. The molecular weight excluding hydrogens is 362 g/mol. The number of nitrogens with two attached hydrogens (primary N) is 1. The van der Waals surface area contributed by atoms with Crippen molar-refractivity contribution >= 4 is 17.5 Å². The standard InChI is InChI=1S/C18H11ClF2N4O/c1-10-14(4-2-11-6-7-23-16(19)8-11)24-18(17(22)26)25(10)15-5-3-12(20)9-13(15)21/h3,5-9H,1H3,(H2,22,26). The Labute approximate surface area is 152 Å². The molecule has 0 fully saturated rings. The minimum atomic E-state index is -0.864. The highest BCUT2D eigenvalue weighted by Crippen LogP contribution is 2.21. The second-order valence-corrected chi connectivity index (χ2v) is 5.67. The van der Waals surface area contributed by atoms with Gasteiger partial charge in [-0.3, -0.25) is 9.36 Å². The molecule has 26 heavy (non-hydrogen) atoms. The number of imidazole rings is 1. The zero-order valence-corrected chi connectivity index (χ0v) is 14.2. The first-order valence-corrected chi connectivity index (χ1v) is 7.72. The molecule has 2 heterocycles. The van der Waals surface area contributed by atoms with Gasteiger partial charge in [0, 0.05) is 17.8 Å². The summed E-state index contributed by atoms with van der Waals surface area (Å²) in [7, 11) is 0. The molecule has 0 unspecified atom stereocenters. The van der Waals surface area contributed by atoms with Crippen LogP contribution in [-0.2, 0) is 0 Å². The molecule has 0 radical (unpaired) electrons. The van der Waals surface area contributed by atoms with Gasteiger partial charge in [-0.05, 0) is 37.1 Å². The quantitative estimate of drug-likeness (QED) is 0.555. The second kappa shape index (κ2) is 6.94. The van der Waals surface area contributed by atoms with Crippen molar-refractivity contribution in [2.45, 2.75) is 6.92 Å². The van der Waals surface area contributed by atoms with Crippen molar-refractivity contribution in [3.05, 3.63) is 76.1 Å². The lowest BCUT2D eigenvalue weighted by molar-refractivity contribution is 0.0988. The summed E-state index contributed by atoms with van der Waals surface area (Å²) in [6.45, 7) is 1.60. The van der Waals surface area contributed by atoms with Crippen LogP contribution in [0.4, 0.5) is 8.78 Å². The van der Waals surface area contributed by atoms with Crippen LogP contribution >= 0.6 is 11.6 Å². The lowest BCUT2D eigenvalue weighted by Gasteiger charge is -2.09. The van der Waals surface area contributed by atoms with E-state index >= 15 is 0 Å². The van der Waals surface area contributed by atoms with Crippen molar-refractivity contribution in [1.29, 1.82) is 0 Å². The van der Waals surface area contributed by atoms with Crippen molar-refractivity contribution in [3.8, 4) is 17.5 Å². The number of nitrogens with zero attached hydrogens (tertiary/aromatic N) is 3. The number of rotatable bonds is 2. The van der Waals surface area contributed by atoms with Crippen LogP contribution in [0, 0.1) is 30.4 Å². The van der Waals surface area contributed by atoms with E-state index in [0.29, 0.717) is 17.3 Å². The molecule has 0 atom stereocenters. The van der Waals surface area contributed by atoms with Gasteiger partial charge < -0.3 is 5.73 Å². The number of halogens is 3. The second-order valence-electron chi connectivity index (χ2n) is 5.28. The number of pyridine rings is 1. The number of carbonyl (C=O) groups is 1. The predicted octanol–water partition coefficient (Wildman–Crippen LogP) is 3.01. The predicted molar refractivity (Wildman–Crippen MR) is 92.0 cm³/mol. The number of benzene rings is 1. The molecular formula is C18H11ClF2N4O. The lowest BCUT2D eigenvalue weighted by Crippen LogP contribution is -2.18. The molecule has 0 aliphatic rings. The number of carbonyl (C=O) groups excluding carboxylic acids is 1. The molecule has 2 aromatic heterocycles. The first-order valence-electron chi connectivity index (χ1n) is 7.35. The fourth-order valence-corrected chi connectivity index (χ4v) is 2.53. The SMILES string of the molecule is Cc1c(C#Cc2ccnc(Cl)c2)nc(C(N)=O)n1-c1ccc(F)cc1F. The van der Waals surface area contributed by atoms with E-state index in [1.807, 2.05) is 0 Å². The average molecular weight is 373 g/mol. The fraction of sp³-hybridized carbons (Fsp3) is 0.0556. The summed E-state index contributed by atoms with van der Waals surface area (Å²) in [5, 5.41) is 0.283. The van der Waals surface area contributed by atoms with Gasteiger partial charge in [0.1, 0.15) is 22.5 Å². The smallest absolute Gasteiger partial charge is 0.285 e. The maximum absolute atomic E-state index is 14.2. The number of amides is 1. The van der Waals surface area contributed by atoms with Gasteiger partial charge in [0.25, 0.3) is 5.91 Å². The van der Waals surface area contributed by atoms with Crippen molar-refractivity contribution in [2.24, 2.45) is 5.73 Å². The van der Waals surface area contributed by atoms with Crippen LogP contribution in [0.15, 0.2) is 36.5 Å². The topological polar surface area (TPSA) is 73.8 Å². The van der Waals surface area contributed by atoms with Gasteiger partial charge >= 0.3 is 0 Å². The Morgan fingerprint density at radius 2 is 2.00 bits per heavy atom. The molecule has 8 heteroatoms. The van der Waals surface area contributed by atoms with E-state index in [4.69, 9.17) is 17.3 Å². The maximum atomic E-state index is 14.2. The summed E-state index contributed by atoms with van der Waals surface area (Å²) < 4.78 is 28.5. The monoisotopic (exact) mass is 372 g/mol. The normalized spacial score (nSPS) is 10.3. The molecule has 0 bridgehead atoms. The van der Waals surface area contributed by atoms with Crippen LogP contribution in [-0.4, -0.2) is 20.4 Å². The van der Waals surface area contributed by atoms with E-state index < -0.39 is 17.5 Å². The molecule has 3 aromatic rings. The van der Waals surface area contributed by atoms with E-state index in [2.05, 4.69) is 21.8 Å². The number of hydrogen-bond donors (Lipinski definition) is 1. The van der Waals surface area contributed by atoms with Crippen LogP contribution in [0.1, 0.15) is 27.6 Å². The van der Waals surface area contributed by atoms with Gasteiger partial charge in [-0.2, -0.15) is 0 Å². The average Bonchev–Trinajstić information content (AvgIpc) is 2.90. The number of hydrogen-bond acceptors (Lipinski definition) is 3.